The molecule has 4 aromatic rings. The van der Waals surface area contributed by atoms with E-state index in [1.54, 1.807) is 0 Å². The van der Waals surface area contributed by atoms with E-state index in [2.05, 4.69) is 58.8 Å². The molecule has 0 bridgehead atoms. The van der Waals surface area contributed by atoms with Gasteiger partial charge in [-0.1, -0.05) is 36.4 Å². The van der Waals surface area contributed by atoms with Crippen LogP contribution in [0.15, 0.2) is 54.7 Å². The van der Waals surface area contributed by atoms with Crippen LogP contribution in [0.25, 0.3) is 27.8 Å². The summed E-state index contributed by atoms with van der Waals surface area (Å²) < 4.78 is 2.13. The predicted molar refractivity (Wildman–Crippen MR) is 117 cm³/mol. The van der Waals surface area contributed by atoms with E-state index >= 15 is 0 Å². The summed E-state index contributed by atoms with van der Waals surface area (Å²) >= 11 is 0. The van der Waals surface area contributed by atoms with Crippen LogP contribution >= 0.6 is 0 Å². The van der Waals surface area contributed by atoms with E-state index in [4.69, 9.17) is 4.98 Å². The molecule has 5 rings (SSSR count). The van der Waals surface area contributed by atoms with Crippen molar-refractivity contribution >= 4 is 22.4 Å². The van der Waals surface area contributed by atoms with Crippen LogP contribution in [-0.2, 0) is 0 Å². The summed E-state index contributed by atoms with van der Waals surface area (Å²) in [5.74, 6) is 0. The van der Waals surface area contributed by atoms with E-state index in [1.165, 1.54) is 5.69 Å². The molecule has 144 valence electrons. The van der Waals surface area contributed by atoms with Crippen LogP contribution in [-0.4, -0.2) is 35.1 Å². The number of fused-ring (bicyclic) bond motifs is 3. The first kappa shape index (κ1) is 17.7. The average molecular weight is 381 g/mol. The fourth-order valence-electron chi connectivity index (χ4n) is 4.53. The number of benzene rings is 2. The van der Waals surface area contributed by atoms with E-state index in [-0.39, 0.29) is 0 Å². The summed E-state index contributed by atoms with van der Waals surface area (Å²) in [7, 11) is 0. The lowest BCUT2D eigenvalue weighted by Crippen LogP contribution is -2.49. The number of aromatic nitrogens is 2. The highest BCUT2D eigenvalue weighted by atomic mass is 15.2. The molecule has 1 atom stereocenters. The number of nitrogens with zero attached hydrogens (tertiary/aromatic N) is 4. The molecule has 5 nitrogen and oxygen atoms in total. The Morgan fingerprint density at radius 1 is 1.14 bits per heavy atom. The lowest BCUT2D eigenvalue weighted by atomic mass is 9.92. The van der Waals surface area contributed by atoms with Gasteiger partial charge >= 0.3 is 0 Å². The average Bonchev–Trinajstić information content (AvgIpc) is 3.12. The topological polar surface area (TPSA) is 56.4 Å². The Kier molecular flexibility index (Phi) is 4.22. The van der Waals surface area contributed by atoms with Crippen molar-refractivity contribution in [3.8, 4) is 17.2 Å². The number of nitrogens with one attached hydrogen (secondary N) is 1. The minimum Gasteiger partial charge on any atom is -0.366 e. The molecule has 0 radical (unpaired) electrons. The molecule has 29 heavy (non-hydrogen) atoms. The Morgan fingerprint density at radius 2 is 1.93 bits per heavy atom. The summed E-state index contributed by atoms with van der Waals surface area (Å²) in [4.78, 5) is 7.31. The molecule has 3 heterocycles. The van der Waals surface area contributed by atoms with Crippen molar-refractivity contribution in [2.24, 2.45) is 0 Å². The van der Waals surface area contributed by atoms with Gasteiger partial charge in [0.15, 0.2) is 0 Å². The van der Waals surface area contributed by atoms with Gasteiger partial charge in [0.2, 0.25) is 0 Å². The Balaban J connectivity index is 1.96. The van der Waals surface area contributed by atoms with Gasteiger partial charge in [-0.15, -0.1) is 0 Å². The maximum atomic E-state index is 10.0. The van der Waals surface area contributed by atoms with Gasteiger partial charge in [0, 0.05) is 37.4 Å². The third kappa shape index (κ3) is 2.76. The number of piperazine rings is 1. The summed E-state index contributed by atoms with van der Waals surface area (Å²) in [5, 5.41) is 13.6. The number of hydrogen-bond donors (Lipinski definition) is 1. The highest BCUT2D eigenvalue weighted by molar-refractivity contribution is 6.05. The molecule has 2 aromatic carbocycles. The lowest BCUT2D eigenvalue weighted by Gasteiger charge is -2.36. The van der Waals surface area contributed by atoms with E-state index in [9.17, 15) is 5.26 Å². The van der Waals surface area contributed by atoms with Gasteiger partial charge in [0.05, 0.1) is 16.8 Å². The van der Waals surface area contributed by atoms with Crippen LogP contribution in [0.2, 0.25) is 0 Å². The summed E-state index contributed by atoms with van der Waals surface area (Å²) in [6.07, 6.45) is 2.05. The third-order valence-corrected chi connectivity index (χ3v) is 5.84. The van der Waals surface area contributed by atoms with Crippen LogP contribution in [0.4, 0.5) is 5.69 Å². The van der Waals surface area contributed by atoms with Crippen molar-refractivity contribution in [3.63, 3.8) is 0 Å². The van der Waals surface area contributed by atoms with Gasteiger partial charge in [0.25, 0.3) is 0 Å². The fraction of sp³-hybridized carbons (Fsp3) is 0.250. The largest absolute Gasteiger partial charge is 0.366 e. The van der Waals surface area contributed by atoms with Crippen LogP contribution in [0.3, 0.4) is 0 Å². The molecule has 2 aromatic heterocycles. The zero-order valence-corrected chi connectivity index (χ0v) is 16.7. The van der Waals surface area contributed by atoms with Gasteiger partial charge in [0.1, 0.15) is 17.2 Å². The molecular weight excluding hydrogens is 358 g/mol. The van der Waals surface area contributed by atoms with Crippen molar-refractivity contribution in [3.05, 3.63) is 65.9 Å². The quantitative estimate of drug-likeness (QED) is 0.567. The monoisotopic (exact) mass is 381 g/mol. The number of pyridine rings is 1. The highest BCUT2D eigenvalue weighted by Crippen LogP contribution is 2.43. The maximum absolute atomic E-state index is 10.0. The van der Waals surface area contributed by atoms with Crippen LogP contribution in [0.5, 0.6) is 0 Å². The second-order valence-electron chi connectivity index (χ2n) is 7.74. The van der Waals surface area contributed by atoms with Gasteiger partial charge in [-0.25, -0.2) is 4.98 Å². The van der Waals surface area contributed by atoms with Crippen LogP contribution in [0, 0.1) is 18.3 Å². The molecule has 1 aliphatic heterocycles. The number of rotatable bonds is 2. The van der Waals surface area contributed by atoms with E-state index in [0.29, 0.717) is 11.6 Å². The van der Waals surface area contributed by atoms with E-state index < -0.39 is 0 Å². The number of imidazole rings is 1. The Bertz CT molecular complexity index is 1250. The molecule has 0 unspecified atom stereocenters. The molecular formula is C24H23N5. The zero-order valence-electron chi connectivity index (χ0n) is 16.7. The number of hydrogen-bond acceptors (Lipinski definition) is 4. The molecule has 0 aliphatic carbocycles. The molecule has 0 spiro atoms. The first-order valence-corrected chi connectivity index (χ1v) is 10.1. The minimum atomic E-state index is 0.401. The van der Waals surface area contributed by atoms with Gasteiger partial charge in [-0.05, 0) is 37.1 Å². The Labute approximate surface area is 170 Å². The maximum Gasteiger partial charge on any atom is 0.138 e. The Morgan fingerprint density at radius 3 is 2.69 bits per heavy atom. The Hall–Kier alpha value is -3.36. The standard InChI is InChI=1S/C24H23N5/c1-16-15-28(13-11-26-16)23-21(18-8-4-3-5-9-18)17(2)19(14-25)22-24(23)29-12-7-6-10-20(29)27-22/h3-10,12,16,26H,11,13,15H2,1-2H3/t16-/m0/s1. The van der Waals surface area contributed by atoms with Crippen molar-refractivity contribution in [1.82, 2.24) is 14.7 Å². The van der Waals surface area contributed by atoms with Gasteiger partial charge in [-0.3, -0.25) is 4.40 Å². The van der Waals surface area contributed by atoms with Gasteiger partial charge < -0.3 is 10.2 Å². The SMILES string of the molecule is Cc1c(-c2ccccc2)c(N2CCN[C@@H](C)C2)c2c(nc3ccccn32)c1C#N. The van der Waals surface area contributed by atoms with E-state index in [0.717, 1.165) is 53.0 Å². The smallest absolute Gasteiger partial charge is 0.138 e. The van der Waals surface area contributed by atoms with Crippen LogP contribution < -0.4 is 10.2 Å². The van der Waals surface area contributed by atoms with Crippen molar-refractivity contribution in [1.29, 1.82) is 5.26 Å². The second-order valence-corrected chi connectivity index (χ2v) is 7.74. The third-order valence-electron chi connectivity index (χ3n) is 5.84. The first-order chi connectivity index (χ1) is 14.2. The van der Waals surface area contributed by atoms with Crippen molar-refractivity contribution < 1.29 is 0 Å². The summed E-state index contributed by atoms with van der Waals surface area (Å²) in [5.41, 5.74) is 7.78. The molecule has 5 heteroatoms. The first-order valence-electron chi connectivity index (χ1n) is 10.1. The van der Waals surface area contributed by atoms with Gasteiger partial charge in [-0.2, -0.15) is 5.26 Å². The molecule has 1 fully saturated rings. The summed E-state index contributed by atoms with van der Waals surface area (Å²) in [6.45, 7) is 7.05. The molecule has 0 amide bonds. The minimum absolute atomic E-state index is 0.401. The second kappa shape index (κ2) is 6.91. The molecule has 1 saturated heterocycles. The lowest BCUT2D eigenvalue weighted by molar-refractivity contribution is 0.485. The molecule has 1 aliphatic rings. The summed E-state index contributed by atoms with van der Waals surface area (Å²) in [6, 6.07) is 19.3. The van der Waals surface area contributed by atoms with Crippen molar-refractivity contribution in [2.75, 3.05) is 24.5 Å². The van der Waals surface area contributed by atoms with Crippen LogP contribution in [0.1, 0.15) is 18.1 Å². The molecule has 1 N–H and O–H groups in total. The van der Waals surface area contributed by atoms with Crippen molar-refractivity contribution in [2.45, 2.75) is 19.9 Å². The normalized spacial score (nSPS) is 17.0. The number of nitriles is 1. The predicted octanol–water partition coefficient (Wildman–Crippen LogP) is 4.13. The number of anilines is 1. The zero-order chi connectivity index (χ0) is 20.0. The molecule has 0 saturated carbocycles. The van der Waals surface area contributed by atoms with E-state index in [1.807, 2.05) is 30.5 Å². The highest BCUT2D eigenvalue weighted by Gasteiger charge is 2.27. The fourth-order valence-corrected chi connectivity index (χ4v) is 4.53.